The van der Waals surface area contributed by atoms with Crippen LogP contribution in [-0.2, 0) is 0 Å². The predicted octanol–water partition coefficient (Wildman–Crippen LogP) is 1.10. The molecule has 1 rings (SSSR count). The fraction of sp³-hybridized carbons (Fsp3) is 0.167. The summed E-state index contributed by atoms with van der Waals surface area (Å²) in [4.78, 5) is 14.1. The molecule has 0 spiro atoms. The largest absolute Gasteiger partial charge is 0.328 e. The van der Waals surface area contributed by atoms with Gasteiger partial charge in [0.15, 0.2) is 0 Å². The van der Waals surface area contributed by atoms with Crippen molar-refractivity contribution >= 4 is 11.8 Å². The molecule has 2 nitrogen and oxygen atoms in total. The van der Waals surface area contributed by atoms with Crippen molar-refractivity contribution in [3.05, 3.63) is 28.7 Å². The summed E-state index contributed by atoms with van der Waals surface area (Å²) < 4.78 is 0. The SMILES string of the molecule is CSc1ccc(=O)[nH]c1. The van der Waals surface area contributed by atoms with Crippen molar-refractivity contribution in [2.75, 3.05) is 6.26 Å². The molecule has 48 valence electrons. The minimum absolute atomic E-state index is 0.0483. The van der Waals surface area contributed by atoms with E-state index >= 15 is 0 Å². The molecule has 0 aromatic carbocycles. The quantitative estimate of drug-likeness (QED) is 0.594. The van der Waals surface area contributed by atoms with E-state index in [1.54, 1.807) is 24.0 Å². The molecule has 0 radical (unpaired) electrons. The Labute approximate surface area is 57.3 Å². The number of H-pyrrole nitrogens is 1. The van der Waals surface area contributed by atoms with Crippen LogP contribution in [0.1, 0.15) is 0 Å². The molecule has 0 saturated heterocycles. The van der Waals surface area contributed by atoms with E-state index < -0.39 is 0 Å². The summed E-state index contributed by atoms with van der Waals surface area (Å²) >= 11 is 1.61. The number of thioether (sulfide) groups is 1. The Kier molecular flexibility index (Phi) is 1.95. The van der Waals surface area contributed by atoms with E-state index in [1.165, 1.54) is 6.07 Å². The van der Waals surface area contributed by atoms with Crippen LogP contribution in [0.15, 0.2) is 28.0 Å². The van der Waals surface area contributed by atoms with Gasteiger partial charge in [0.2, 0.25) is 5.56 Å². The van der Waals surface area contributed by atoms with Gasteiger partial charge in [-0.3, -0.25) is 4.79 Å². The van der Waals surface area contributed by atoms with Gasteiger partial charge in [-0.25, -0.2) is 0 Å². The first-order chi connectivity index (χ1) is 4.33. The maximum absolute atomic E-state index is 10.5. The first-order valence-corrected chi connectivity index (χ1v) is 3.78. The second kappa shape index (κ2) is 2.73. The smallest absolute Gasteiger partial charge is 0.247 e. The van der Waals surface area contributed by atoms with Crippen molar-refractivity contribution in [1.29, 1.82) is 0 Å². The summed E-state index contributed by atoms with van der Waals surface area (Å²) in [5.74, 6) is 0. The lowest BCUT2D eigenvalue weighted by molar-refractivity contribution is 1.17. The Balaban J connectivity index is 3.02. The van der Waals surface area contributed by atoms with Crippen LogP contribution in [0.3, 0.4) is 0 Å². The first kappa shape index (κ1) is 6.42. The second-order valence-electron chi connectivity index (χ2n) is 1.59. The summed E-state index contributed by atoms with van der Waals surface area (Å²) in [6.45, 7) is 0. The number of aromatic nitrogens is 1. The average Bonchev–Trinajstić information content (AvgIpc) is 1.90. The molecule has 0 atom stereocenters. The van der Waals surface area contributed by atoms with E-state index in [2.05, 4.69) is 4.98 Å². The lowest BCUT2D eigenvalue weighted by Gasteiger charge is -1.89. The molecule has 0 aliphatic carbocycles. The van der Waals surface area contributed by atoms with Crippen molar-refractivity contribution in [2.45, 2.75) is 4.90 Å². The molecule has 1 N–H and O–H groups in total. The van der Waals surface area contributed by atoms with Gasteiger partial charge in [-0.05, 0) is 12.3 Å². The predicted molar refractivity (Wildman–Crippen MR) is 38.8 cm³/mol. The van der Waals surface area contributed by atoms with E-state index in [1.807, 2.05) is 6.26 Å². The monoisotopic (exact) mass is 141 g/mol. The molecule has 1 aromatic heterocycles. The topological polar surface area (TPSA) is 32.9 Å². The van der Waals surface area contributed by atoms with Crippen molar-refractivity contribution in [2.24, 2.45) is 0 Å². The lowest BCUT2D eigenvalue weighted by atomic mass is 10.5. The van der Waals surface area contributed by atoms with Crippen molar-refractivity contribution in [1.82, 2.24) is 4.98 Å². The third-order valence-corrected chi connectivity index (χ3v) is 1.72. The highest BCUT2D eigenvalue weighted by Crippen LogP contribution is 2.08. The molecule has 0 saturated carbocycles. The number of hydrogen-bond acceptors (Lipinski definition) is 2. The zero-order valence-electron chi connectivity index (χ0n) is 5.05. The van der Waals surface area contributed by atoms with E-state index in [9.17, 15) is 4.79 Å². The van der Waals surface area contributed by atoms with Crippen molar-refractivity contribution in [3.63, 3.8) is 0 Å². The Bertz CT molecular complexity index is 223. The second-order valence-corrected chi connectivity index (χ2v) is 2.47. The molecular weight excluding hydrogens is 134 g/mol. The standard InChI is InChI=1S/C6H7NOS/c1-9-5-2-3-6(8)7-4-5/h2-4H,1H3,(H,7,8). The fourth-order valence-corrected chi connectivity index (χ4v) is 0.904. The molecule has 0 bridgehead atoms. The highest BCUT2D eigenvalue weighted by atomic mass is 32.2. The van der Waals surface area contributed by atoms with Gasteiger partial charge in [0.1, 0.15) is 0 Å². The summed E-state index contributed by atoms with van der Waals surface area (Å²) in [5.41, 5.74) is -0.0483. The van der Waals surface area contributed by atoms with Crippen LogP contribution in [0.25, 0.3) is 0 Å². The molecule has 0 aliphatic heterocycles. The van der Waals surface area contributed by atoms with Gasteiger partial charge in [-0.2, -0.15) is 0 Å². The van der Waals surface area contributed by atoms with Gasteiger partial charge in [0, 0.05) is 17.2 Å². The highest BCUT2D eigenvalue weighted by molar-refractivity contribution is 7.98. The first-order valence-electron chi connectivity index (χ1n) is 2.55. The molecule has 1 aromatic rings. The zero-order valence-corrected chi connectivity index (χ0v) is 5.87. The van der Waals surface area contributed by atoms with Crippen molar-refractivity contribution < 1.29 is 0 Å². The molecule has 0 unspecified atom stereocenters. The van der Waals surface area contributed by atoms with Gasteiger partial charge in [0.05, 0.1) is 0 Å². The van der Waals surface area contributed by atoms with Gasteiger partial charge < -0.3 is 4.98 Å². The number of aromatic amines is 1. The molecule has 9 heavy (non-hydrogen) atoms. The Morgan fingerprint density at radius 3 is 2.78 bits per heavy atom. The average molecular weight is 141 g/mol. The number of pyridine rings is 1. The van der Waals surface area contributed by atoms with Crippen LogP contribution < -0.4 is 5.56 Å². The van der Waals surface area contributed by atoms with Crippen LogP contribution in [0.5, 0.6) is 0 Å². The van der Waals surface area contributed by atoms with Gasteiger partial charge in [-0.1, -0.05) is 0 Å². The maximum Gasteiger partial charge on any atom is 0.247 e. The number of rotatable bonds is 1. The maximum atomic E-state index is 10.5. The molecule has 3 heteroatoms. The fourth-order valence-electron chi connectivity index (χ4n) is 0.523. The van der Waals surface area contributed by atoms with E-state index in [0.29, 0.717) is 0 Å². The summed E-state index contributed by atoms with van der Waals surface area (Å²) in [7, 11) is 0. The molecular formula is C6H7NOS. The minimum atomic E-state index is -0.0483. The molecule has 0 aliphatic rings. The van der Waals surface area contributed by atoms with Crippen LogP contribution in [0, 0.1) is 0 Å². The van der Waals surface area contributed by atoms with E-state index in [0.717, 1.165) is 4.90 Å². The Morgan fingerprint density at radius 1 is 1.56 bits per heavy atom. The Morgan fingerprint density at radius 2 is 2.33 bits per heavy atom. The minimum Gasteiger partial charge on any atom is -0.328 e. The van der Waals surface area contributed by atoms with Gasteiger partial charge >= 0.3 is 0 Å². The number of nitrogens with one attached hydrogen (secondary N) is 1. The normalized spacial score (nSPS) is 9.44. The van der Waals surface area contributed by atoms with Crippen LogP contribution in [0.2, 0.25) is 0 Å². The van der Waals surface area contributed by atoms with Gasteiger partial charge in [0.25, 0.3) is 0 Å². The molecule has 0 amide bonds. The molecule has 1 heterocycles. The van der Waals surface area contributed by atoms with Crippen LogP contribution in [-0.4, -0.2) is 11.2 Å². The van der Waals surface area contributed by atoms with E-state index in [4.69, 9.17) is 0 Å². The Hall–Kier alpha value is -0.700. The highest BCUT2D eigenvalue weighted by Gasteiger charge is 1.85. The zero-order chi connectivity index (χ0) is 6.69. The summed E-state index contributed by atoms with van der Waals surface area (Å²) in [6.07, 6.45) is 3.67. The summed E-state index contributed by atoms with van der Waals surface area (Å²) in [5, 5.41) is 0. The van der Waals surface area contributed by atoms with Crippen molar-refractivity contribution in [3.8, 4) is 0 Å². The third-order valence-electron chi connectivity index (χ3n) is 0.991. The summed E-state index contributed by atoms with van der Waals surface area (Å²) in [6, 6.07) is 3.31. The van der Waals surface area contributed by atoms with Crippen LogP contribution in [0.4, 0.5) is 0 Å². The van der Waals surface area contributed by atoms with Gasteiger partial charge in [-0.15, -0.1) is 11.8 Å². The van der Waals surface area contributed by atoms with E-state index in [-0.39, 0.29) is 5.56 Å². The lowest BCUT2D eigenvalue weighted by Crippen LogP contribution is -2.00. The third kappa shape index (κ3) is 1.61. The molecule has 0 fully saturated rings. The van der Waals surface area contributed by atoms with Crippen LogP contribution >= 0.6 is 11.8 Å². The number of hydrogen-bond donors (Lipinski definition) is 1.